The quantitative estimate of drug-likeness (QED) is 0.647. The highest BCUT2D eigenvalue weighted by molar-refractivity contribution is 7.06. The molecule has 1 heterocycles. The summed E-state index contributed by atoms with van der Waals surface area (Å²) in [6, 6.07) is 2.02. The summed E-state index contributed by atoms with van der Waals surface area (Å²) in [6.45, 7) is 4.22. The third kappa shape index (κ3) is 2.62. The highest BCUT2D eigenvalue weighted by Gasteiger charge is 1.88. The lowest BCUT2D eigenvalue weighted by molar-refractivity contribution is 1.14. The van der Waals surface area contributed by atoms with Crippen LogP contribution in [0.3, 0.4) is 0 Å². The maximum absolute atomic E-state index is 4.02. The molecule has 12 heavy (non-hydrogen) atoms. The molecular weight excluding hydrogens is 166 g/mol. The molecule has 64 valence electrons. The molecule has 0 unspecified atom stereocenters. The third-order valence-electron chi connectivity index (χ3n) is 1.70. The van der Waals surface area contributed by atoms with E-state index in [-0.39, 0.29) is 0 Å². The Balaban J connectivity index is 2.62. The predicted octanol–water partition coefficient (Wildman–Crippen LogP) is 3.51. The molecule has 1 rings (SSSR count). The van der Waals surface area contributed by atoms with E-state index in [1.165, 1.54) is 22.0 Å². The molecule has 0 aromatic carbocycles. The third-order valence-corrected chi connectivity index (χ3v) is 2.41. The van der Waals surface area contributed by atoms with Crippen LogP contribution in [0.5, 0.6) is 0 Å². The van der Waals surface area contributed by atoms with Crippen molar-refractivity contribution in [1.82, 2.24) is 4.37 Å². The zero-order valence-electron chi connectivity index (χ0n) is 7.45. The van der Waals surface area contributed by atoms with Gasteiger partial charge in [0, 0.05) is 11.1 Å². The molecule has 0 fully saturated rings. The standard InChI is InChI=1S/C10H13NS/c1-3-9(4-2)5-6-10-7-8-11-12-10/h3,5-8H,4H2,1-2H3/b6-5-,9-3-. The average molecular weight is 179 g/mol. The molecule has 2 heteroatoms. The van der Waals surface area contributed by atoms with E-state index in [1.54, 1.807) is 0 Å². The second kappa shape index (κ2) is 4.88. The topological polar surface area (TPSA) is 12.9 Å². The summed E-state index contributed by atoms with van der Waals surface area (Å²) in [5.41, 5.74) is 1.36. The van der Waals surface area contributed by atoms with Gasteiger partial charge in [-0.3, -0.25) is 0 Å². The lowest BCUT2D eigenvalue weighted by atomic mass is 10.2. The van der Waals surface area contributed by atoms with Gasteiger partial charge in [-0.1, -0.05) is 24.6 Å². The first kappa shape index (κ1) is 9.20. The van der Waals surface area contributed by atoms with Crippen LogP contribution in [0.4, 0.5) is 0 Å². The van der Waals surface area contributed by atoms with E-state index in [9.17, 15) is 0 Å². The molecular formula is C10H13NS. The van der Waals surface area contributed by atoms with Crippen molar-refractivity contribution >= 4 is 17.6 Å². The molecule has 0 aliphatic heterocycles. The Morgan fingerprint density at radius 1 is 1.67 bits per heavy atom. The Morgan fingerprint density at radius 3 is 3.00 bits per heavy atom. The molecule has 0 saturated heterocycles. The SMILES string of the molecule is C/C=C(\C=C/c1ccns1)CC. The fraction of sp³-hybridized carbons (Fsp3) is 0.300. The lowest BCUT2D eigenvalue weighted by Crippen LogP contribution is -1.71. The molecule has 0 radical (unpaired) electrons. The molecule has 0 N–H and O–H groups in total. The van der Waals surface area contributed by atoms with Gasteiger partial charge < -0.3 is 0 Å². The smallest absolute Gasteiger partial charge is 0.0477 e. The first-order valence-corrected chi connectivity index (χ1v) is 4.88. The Morgan fingerprint density at radius 2 is 2.50 bits per heavy atom. The summed E-state index contributed by atoms with van der Waals surface area (Å²) in [5, 5.41) is 0. The van der Waals surface area contributed by atoms with E-state index < -0.39 is 0 Å². The molecule has 0 bridgehead atoms. The second-order valence-corrected chi connectivity index (χ2v) is 3.33. The van der Waals surface area contributed by atoms with E-state index in [0.29, 0.717) is 0 Å². The molecule has 1 aromatic rings. The summed E-state index contributed by atoms with van der Waals surface area (Å²) >= 11 is 1.52. The van der Waals surface area contributed by atoms with Gasteiger partial charge in [0.05, 0.1) is 0 Å². The van der Waals surface area contributed by atoms with Crippen LogP contribution in [0.2, 0.25) is 0 Å². The van der Waals surface area contributed by atoms with E-state index in [4.69, 9.17) is 0 Å². The van der Waals surface area contributed by atoms with E-state index in [2.05, 4.69) is 36.4 Å². The van der Waals surface area contributed by atoms with Gasteiger partial charge in [0.15, 0.2) is 0 Å². The van der Waals surface area contributed by atoms with Crippen molar-refractivity contribution < 1.29 is 0 Å². The van der Waals surface area contributed by atoms with Gasteiger partial charge in [0.2, 0.25) is 0 Å². The van der Waals surface area contributed by atoms with E-state index in [0.717, 1.165) is 6.42 Å². The molecule has 0 amide bonds. The number of hydrogen-bond acceptors (Lipinski definition) is 2. The van der Waals surface area contributed by atoms with Gasteiger partial charge in [0.25, 0.3) is 0 Å². The highest BCUT2D eigenvalue weighted by Crippen LogP contribution is 2.10. The van der Waals surface area contributed by atoms with Crippen molar-refractivity contribution in [2.75, 3.05) is 0 Å². The second-order valence-electron chi connectivity index (χ2n) is 2.47. The lowest BCUT2D eigenvalue weighted by Gasteiger charge is -1.92. The van der Waals surface area contributed by atoms with Gasteiger partial charge in [-0.25, -0.2) is 4.37 Å². The Bertz CT molecular complexity index is 270. The van der Waals surface area contributed by atoms with Crippen LogP contribution in [-0.2, 0) is 0 Å². The van der Waals surface area contributed by atoms with Crippen LogP contribution in [0.25, 0.3) is 6.08 Å². The van der Waals surface area contributed by atoms with Crippen LogP contribution >= 0.6 is 11.5 Å². The number of hydrogen-bond donors (Lipinski definition) is 0. The van der Waals surface area contributed by atoms with Crippen molar-refractivity contribution in [2.45, 2.75) is 20.3 Å². The predicted molar refractivity (Wildman–Crippen MR) is 55.2 cm³/mol. The molecule has 0 saturated carbocycles. The van der Waals surface area contributed by atoms with Crippen LogP contribution in [0.1, 0.15) is 25.1 Å². The van der Waals surface area contributed by atoms with Gasteiger partial charge in [-0.15, -0.1) is 0 Å². The summed E-state index contributed by atoms with van der Waals surface area (Å²) in [6.07, 6.45) is 9.30. The van der Waals surface area contributed by atoms with Crippen molar-refractivity contribution in [3.63, 3.8) is 0 Å². The minimum absolute atomic E-state index is 1.09. The zero-order chi connectivity index (χ0) is 8.81. The first-order chi connectivity index (χ1) is 5.86. The molecule has 1 nitrogen and oxygen atoms in total. The molecule has 1 aromatic heterocycles. The maximum atomic E-state index is 4.02. The number of rotatable bonds is 3. The van der Waals surface area contributed by atoms with Crippen LogP contribution < -0.4 is 0 Å². The van der Waals surface area contributed by atoms with Gasteiger partial charge in [-0.2, -0.15) is 0 Å². The van der Waals surface area contributed by atoms with Crippen LogP contribution in [0, 0.1) is 0 Å². The number of nitrogens with zero attached hydrogens (tertiary/aromatic N) is 1. The van der Waals surface area contributed by atoms with E-state index >= 15 is 0 Å². The monoisotopic (exact) mass is 179 g/mol. The summed E-state index contributed by atoms with van der Waals surface area (Å²) in [7, 11) is 0. The fourth-order valence-corrected chi connectivity index (χ4v) is 1.41. The molecule has 0 spiro atoms. The van der Waals surface area contributed by atoms with Crippen LogP contribution in [0.15, 0.2) is 30.0 Å². The van der Waals surface area contributed by atoms with Crippen molar-refractivity contribution in [3.05, 3.63) is 34.9 Å². The van der Waals surface area contributed by atoms with Gasteiger partial charge in [0.1, 0.15) is 0 Å². The normalized spacial score (nSPS) is 12.7. The minimum atomic E-state index is 1.09. The average Bonchev–Trinajstić information content (AvgIpc) is 2.59. The zero-order valence-corrected chi connectivity index (χ0v) is 8.27. The Labute approximate surface area is 77.6 Å². The molecule has 0 aliphatic carbocycles. The van der Waals surface area contributed by atoms with Gasteiger partial charge >= 0.3 is 0 Å². The maximum Gasteiger partial charge on any atom is 0.0477 e. The highest BCUT2D eigenvalue weighted by atomic mass is 32.1. The summed E-state index contributed by atoms with van der Waals surface area (Å²) in [5.74, 6) is 0. The summed E-state index contributed by atoms with van der Waals surface area (Å²) in [4.78, 5) is 1.21. The van der Waals surface area contributed by atoms with Crippen LogP contribution in [-0.4, -0.2) is 4.37 Å². The van der Waals surface area contributed by atoms with Crippen molar-refractivity contribution in [2.24, 2.45) is 0 Å². The minimum Gasteiger partial charge on any atom is -0.201 e. The largest absolute Gasteiger partial charge is 0.201 e. The van der Waals surface area contributed by atoms with Crippen molar-refractivity contribution in [1.29, 1.82) is 0 Å². The molecule has 0 aliphatic rings. The molecule has 0 atom stereocenters. The Kier molecular flexibility index (Phi) is 3.74. The Hall–Kier alpha value is -0.890. The first-order valence-electron chi connectivity index (χ1n) is 4.10. The van der Waals surface area contributed by atoms with E-state index in [1.807, 2.05) is 12.3 Å². The fourth-order valence-electron chi connectivity index (χ4n) is 0.919. The van der Waals surface area contributed by atoms with Gasteiger partial charge in [-0.05, 0) is 37.0 Å². The summed E-state index contributed by atoms with van der Waals surface area (Å²) < 4.78 is 4.02. The van der Waals surface area contributed by atoms with Crippen molar-refractivity contribution in [3.8, 4) is 0 Å². The number of allylic oxidation sites excluding steroid dienone is 3. The number of aromatic nitrogens is 1.